The summed E-state index contributed by atoms with van der Waals surface area (Å²) in [5.41, 5.74) is 0. The van der Waals surface area contributed by atoms with Crippen molar-refractivity contribution in [1.82, 2.24) is 0 Å². The van der Waals surface area contributed by atoms with E-state index < -0.39 is 8.80 Å². The van der Waals surface area contributed by atoms with Crippen LogP contribution < -0.4 is 9.92 Å². The molecule has 1 aliphatic rings. The zero-order valence-corrected chi connectivity index (χ0v) is 12.8. The minimum atomic E-state index is -0.693. The molecule has 0 aliphatic carbocycles. The number of hydrogen-bond donors (Lipinski definition) is 0. The number of hydrogen-bond acceptors (Lipinski definition) is 1. The van der Waals surface area contributed by atoms with Crippen molar-refractivity contribution in [3.63, 3.8) is 0 Å². The first kappa shape index (κ1) is 12.7. The van der Waals surface area contributed by atoms with Crippen molar-refractivity contribution in [2.24, 2.45) is 0 Å². The van der Waals surface area contributed by atoms with Gasteiger partial charge in [-0.25, -0.2) is 0 Å². The molecule has 0 radical (unpaired) electrons. The van der Waals surface area contributed by atoms with Crippen molar-refractivity contribution in [3.05, 3.63) is 36.4 Å². The first-order valence-corrected chi connectivity index (χ1v) is 9.75. The van der Waals surface area contributed by atoms with Crippen molar-refractivity contribution < 1.29 is 4.74 Å². The summed E-state index contributed by atoms with van der Waals surface area (Å²) < 4.78 is 5.90. The second kappa shape index (κ2) is 5.79. The van der Waals surface area contributed by atoms with Crippen molar-refractivity contribution >= 4 is 24.8 Å². The summed E-state index contributed by atoms with van der Waals surface area (Å²) in [5.74, 6) is 1.06. The van der Waals surface area contributed by atoms with Gasteiger partial charge in [-0.15, -0.1) is 0 Å². The normalized spacial score (nSPS) is 16.1. The molecule has 0 spiro atoms. The largest absolute Gasteiger partial charge is 0.493 e. The van der Waals surface area contributed by atoms with E-state index >= 15 is 0 Å². The van der Waals surface area contributed by atoms with Crippen molar-refractivity contribution in [1.29, 1.82) is 0 Å². The number of ether oxygens (including phenoxy) is 1. The van der Waals surface area contributed by atoms with Gasteiger partial charge < -0.3 is 4.74 Å². The van der Waals surface area contributed by atoms with Crippen LogP contribution in [-0.4, -0.2) is 15.4 Å². The molecule has 1 fully saturated rings. The fraction of sp³-hybridized carbons (Fsp3) is 0.412. The zero-order chi connectivity index (χ0) is 13.1. The Morgan fingerprint density at radius 1 is 1.00 bits per heavy atom. The molecular weight excluding hydrogens is 248 g/mol. The lowest BCUT2D eigenvalue weighted by atomic mass is 10.1. The highest BCUT2D eigenvalue weighted by Gasteiger charge is 2.21. The van der Waals surface area contributed by atoms with Crippen LogP contribution >= 0.6 is 0 Å². The maximum absolute atomic E-state index is 5.90. The highest BCUT2D eigenvalue weighted by atomic mass is 28.3. The van der Waals surface area contributed by atoms with Crippen molar-refractivity contribution in [2.45, 2.75) is 38.3 Å². The number of fused-ring (bicyclic) bond motifs is 1. The Morgan fingerprint density at radius 3 is 2.47 bits per heavy atom. The van der Waals surface area contributed by atoms with Gasteiger partial charge in [0.05, 0.1) is 15.4 Å². The SMILES string of the molecule is CCCOc1ccc([SiH]2CCCC2)c2ccccc12. The van der Waals surface area contributed by atoms with E-state index in [4.69, 9.17) is 4.74 Å². The Bertz CT molecular complexity index is 558. The molecule has 1 aliphatic heterocycles. The molecular formula is C17H22OSi. The number of rotatable bonds is 4. The molecule has 19 heavy (non-hydrogen) atoms. The third kappa shape index (κ3) is 2.55. The van der Waals surface area contributed by atoms with Crippen molar-refractivity contribution in [2.75, 3.05) is 6.61 Å². The lowest BCUT2D eigenvalue weighted by Gasteiger charge is -2.15. The Labute approximate surface area is 117 Å². The van der Waals surface area contributed by atoms with Gasteiger partial charge in [-0.05, 0) is 17.9 Å². The van der Waals surface area contributed by atoms with E-state index in [2.05, 4.69) is 43.3 Å². The van der Waals surface area contributed by atoms with Crippen LogP contribution in [0.2, 0.25) is 12.1 Å². The lowest BCUT2D eigenvalue weighted by molar-refractivity contribution is 0.321. The molecule has 0 aromatic heterocycles. The molecule has 0 amide bonds. The van der Waals surface area contributed by atoms with E-state index in [9.17, 15) is 0 Å². The lowest BCUT2D eigenvalue weighted by Crippen LogP contribution is -2.27. The molecule has 1 nitrogen and oxygen atoms in total. The van der Waals surface area contributed by atoms with Crippen LogP contribution in [0.5, 0.6) is 5.75 Å². The summed E-state index contributed by atoms with van der Waals surface area (Å²) in [5, 5.41) is 4.43. The summed E-state index contributed by atoms with van der Waals surface area (Å²) >= 11 is 0. The van der Waals surface area contributed by atoms with Gasteiger partial charge in [-0.2, -0.15) is 0 Å². The van der Waals surface area contributed by atoms with E-state index in [-0.39, 0.29) is 0 Å². The van der Waals surface area contributed by atoms with Crippen LogP contribution in [0, 0.1) is 0 Å². The smallest absolute Gasteiger partial charge is 0.127 e. The molecule has 1 heterocycles. The number of benzene rings is 2. The van der Waals surface area contributed by atoms with Crippen LogP contribution in [0.15, 0.2) is 36.4 Å². The van der Waals surface area contributed by atoms with Gasteiger partial charge in [0.15, 0.2) is 0 Å². The third-order valence-corrected chi connectivity index (χ3v) is 7.77. The fourth-order valence-corrected chi connectivity index (χ4v) is 6.76. The minimum absolute atomic E-state index is 0.693. The van der Waals surface area contributed by atoms with E-state index in [0.717, 1.165) is 18.8 Å². The maximum Gasteiger partial charge on any atom is 0.127 e. The predicted molar refractivity (Wildman–Crippen MR) is 85.4 cm³/mol. The van der Waals surface area contributed by atoms with Gasteiger partial charge in [0.2, 0.25) is 0 Å². The highest BCUT2D eigenvalue weighted by Crippen LogP contribution is 2.28. The molecule has 2 heteroatoms. The molecule has 2 aromatic carbocycles. The topological polar surface area (TPSA) is 9.23 Å². The monoisotopic (exact) mass is 270 g/mol. The van der Waals surface area contributed by atoms with E-state index in [1.165, 1.54) is 35.7 Å². The quantitative estimate of drug-likeness (QED) is 0.767. The second-order valence-corrected chi connectivity index (χ2v) is 8.70. The van der Waals surface area contributed by atoms with Gasteiger partial charge in [-0.1, -0.05) is 67.4 Å². The first-order valence-electron chi connectivity index (χ1n) is 7.54. The standard InChI is InChI=1S/C17H22OSi/c1-2-11-18-16-9-10-17(19-12-5-6-13-19)15-8-4-3-7-14(15)16/h3-4,7-10,19H,2,5-6,11-13H2,1H3. The van der Waals surface area contributed by atoms with Crippen LogP contribution in [0.25, 0.3) is 10.8 Å². The summed E-state index contributed by atoms with van der Waals surface area (Å²) in [6.07, 6.45) is 3.95. The second-order valence-electron chi connectivity index (χ2n) is 5.53. The van der Waals surface area contributed by atoms with Gasteiger partial charge in [0.1, 0.15) is 5.75 Å². The summed E-state index contributed by atoms with van der Waals surface area (Å²) in [7, 11) is -0.693. The average molecular weight is 270 g/mol. The molecule has 0 saturated carbocycles. The van der Waals surface area contributed by atoms with Crippen LogP contribution in [-0.2, 0) is 0 Å². The van der Waals surface area contributed by atoms with E-state index in [1.807, 2.05) is 0 Å². The Kier molecular flexibility index (Phi) is 3.88. The predicted octanol–water partition coefficient (Wildman–Crippen LogP) is 3.86. The van der Waals surface area contributed by atoms with Gasteiger partial charge >= 0.3 is 0 Å². The molecule has 3 rings (SSSR count). The summed E-state index contributed by atoms with van der Waals surface area (Å²) in [4.78, 5) is 0. The molecule has 0 atom stereocenters. The molecule has 0 bridgehead atoms. The van der Waals surface area contributed by atoms with E-state index in [1.54, 1.807) is 5.19 Å². The summed E-state index contributed by atoms with van der Waals surface area (Å²) in [6, 6.07) is 16.3. The highest BCUT2D eigenvalue weighted by molar-refractivity contribution is 6.76. The molecule has 1 saturated heterocycles. The third-order valence-electron chi connectivity index (χ3n) is 4.17. The van der Waals surface area contributed by atoms with Gasteiger partial charge in [0.25, 0.3) is 0 Å². The van der Waals surface area contributed by atoms with Crippen LogP contribution in [0.3, 0.4) is 0 Å². The fourth-order valence-electron chi connectivity index (χ4n) is 3.23. The van der Waals surface area contributed by atoms with Crippen LogP contribution in [0.1, 0.15) is 26.2 Å². The van der Waals surface area contributed by atoms with Crippen molar-refractivity contribution in [3.8, 4) is 5.75 Å². The summed E-state index contributed by atoms with van der Waals surface area (Å²) in [6.45, 7) is 2.96. The van der Waals surface area contributed by atoms with Gasteiger partial charge in [-0.3, -0.25) is 0 Å². The Hall–Kier alpha value is -1.28. The Morgan fingerprint density at radius 2 is 1.74 bits per heavy atom. The molecule has 0 N–H and O–H groups in total. The van der Waals surface area contributed by atoms with Crippen LogP contribution in [0.4, 0.5) is 0 Å². The Balaban J connectivity index is 2.05. The molecule has 0 unspecified atom stereocenters. The molecule has 100 valence electrons. The minimum Gasteiger partial charge on any atom is -0.493 e. The van der Waals surface area contributed by atoms with E-state index in [0.29, 0.717) is 0 Å². The molecule has 2 aromatic rings. The first-order chi connectivity index (χ1) is 9.40. The average Bonchev–Trinajstić information content (AvgIpc) is 2.98. The van der Waals surface area contributed by atoms with Gasteiger partial charge in [0, 0.05) is 5.39 Å². The zero-order valence-electron chi connectivity index (χ0n) is 11.7. The maximum atomic E-state index is 5.90.